The van der Waals surface area contributed by atoms with E-state index >= 15 is 0 Å². The second kappa shape index (κ2) is 9.58. The molecule has 2 aliphatic heterocycles. The van der Waals surface area contributed by atoms with Crippen molar-refractivity contribution in [1.29, 1.82) is 0 Å². The van der Waals surface area contributed by atoms with Gasteiger partial charge >= 0.3 is 0 Å². The number of nitrogens with one attached hydrogen (secondary N) is 1. The minimum absolute atomic E-state index is 0.162. The van der Waals surface area contributed by atoms with E-state index in [0.29, 0.717) is 12.5 Å². The molecule has 0 saturated heterocycles. The molecule has 0 aromatic rings. The molecule has 31 heavy (non-hydrogen) atoms. The largest absolute Gasteiger partial charge is 0.367 e. The quantitative estimate of drug-likeness (QED) is 0.458. The van der Waals surface area contributed by atoms with Crippen LogP contribution in [-0.2, 0) is 4.74 Å². The van der Waals surface area contributed by atoms with Crippen molar-refractivity contribution in [2.24, 2.45) is 16.8 Å². The van der Waals surface area contributed by atoms with Crippen LogP contribution in [0.25, 0.3) is 0 Å². The van der Waals surface area contributed by atoms with Crippen molar-refractivity contribution < 1.29 is 9.84 Å². The Morgan fingerprint density at radius 2 is 2.10 bits per heavy atom. The molecule has 4 atom stereocenters. The van der Waals surface area contributed by atoms with Crippen molar-refractivity contribution in [3.63, 3.8) is 0 Å². The minimum Gasteiger partial charge on any atom is -0.367 e. The lowest BCUT2D eigenvalue weighted by molar-refractivity contribution is -0.221. The van der Waals surface area contributed by atoms with Crippen LogP contribution in [0.15, 0.2) is 64.7 Å². The maximum absolute atomic E-state index is 11.2. The molecule has 2 N–H and O–H groups in total. The van der Waals surface area contributed by atoms with Crippen LogP contribution in [0.1, 0.15) is 65.7 Å². The number of hydrogen-bond acceptors (Lipinski definition) is 5. The smallest absolute Gasteiger partial charge is 0.165 e. The summed E-state index contributed by atoms with van der Waals surface area (Å²) in [6, 6.07) is 0. The molecule has 0 spiro atoms. The van der Waals surface area contributed by atoms with Crippen LogP contribution in [0.5, 0.6) is 0 Å². The molecule has 0 amide bonds. The van der Waals surface area contributed by atoms with Gasteiger partial charge in [0.1, 0.15) is 6.17 Å². The third kappa shape index (κ3) is 4.88. The maximum atomic E-state index is 11.2. The van der Waals surface area contributed by atoms with E-state index in [1.54, 1.807) is 0 Å². The predicted octanol–water partition coefficient (Wildman–Crippen LogP) is 5.15. The lowest BCUT2D eigenvalue weighted by Gasteiger charge is -2.34. The first-order valence-corrected chi connectivity index (χ1v) is 11.9. The maximum Gasteiger partial charge on any atom is 0.165 e. The van der Waals surface area contributed by atoms with Gasteiger partial charge < -0.3 is 20.1 Å². The highest BCUT2D eigenvalue weighted by Gasteiger charge is 2.40. The van der Waals surface area contributed by atoms with Gasteiger partial charge in [-0.15, -0.1) is 0 Å². The van der Waals surface area contributed by atoms with Crippen LogP contribution >= 0.6 is 0 Å². The lowest BCUT2D eigenvalue weighted by Crippen LogP contribution is -2.42. The fourth-order valence-corrected chi connectivity index (χ4v) is 5.35. The molecule has 0 aromatic carbocycles. The number of fused-ring (bicyclic) bond motifs is 1. The Bertz CT molecular complexity index is 847. The summed E-state index contributed by atoms with van der Waals surface area (Å²) in [4.78, 5) is 6.97. The standard InChI is InChI=1S/C26H37N3O2/c1-4-23-24-19(2)28-25(29(24)17-16-27-23)21-12-9-13-22(15-14-21)26(3,30)31-18-20-10-7-5-6-8-11-20/h5-8,10,16-17,21-22,25,28,30H,4,9,11-15,18H2,1-3H3. The van der Waals surface area contributed by atoms with Gasteiger partial charge in [0, 0.05) is 24.0 Å². The molecule has 1 saturated carbocycles. The van der Waals surface area contributed by atoms with Crippen molar-refractivity contribution in [2.45, 2.75) is 77.7 Å². The van der Waals surface area contributed by atoms with E-state index in [1.807, 2.05) is 25.3 Å². The lowest BCUT2D eigenvalue weighted by atomic mass is 9.90. The molecule has 0 aromatic heterocycles. The average molecular weight is 424 g/mol. The average Bonchev–Trinajstić information content (AvgIpc) is 3.00. The highest BCUT2D eigenvalue weighted by molar-refractivity contribution is 6.01. The number of nitrogens with zero attached hydrogens (tertiary/aromatic N) is 2. The molecule has 0 radical (unpaired) electrons. The van der Waals surface area contributed by atoms with Crippen molar-refractivity contribution in [2.75, 3.05) is 6.61 Å². The Hall–Kier alpha value is -2.11. The van der Waals surface area contributed by atoms with Crippen LogP contribution in [0.4, 0.5) is 0 Å². The van der Waals surface area contributed by atoms with E-state index in [-0.39, 0.29) is 12.1 Å². The van der Waals surface area contributed by atoms with Gasteiger partial charge in [0.15, 0.2) is 5.79 Å². The third-order valence-electron chi connectivity index (χ3n) is 7.18. The van der Waals surface area contributed by atoms with E-state index in [4.69, 9.17) is 4.74 Å². The first kappa shape index (κ1) is 22.1. The summed E-state index contributed by atoms with van der Waals surface area (Å²) in [7, 11) is 0. The first-order valence-electron chi connectivity index (χ1n) is 11.9. The van der Waals surface area contributed by atoms with Gasteiger partial charge in [-0.2, -0.15) is 0 Å². The second-order valence-corrected chi connectivity index (χ2v) is 9.35. The van der Waals surface area contributed by atoms with Gasteiger partial charge in [-0.3, -0.25) is 4.99 Å². The van der Waals surface area contributed by atoms with Gasteiger partial charge in [0.2, 0.25) is 0 Å². The number of rotatable bonds is 6. The zero-order valence-corrected chi connectivity index (χ0v) is 19.2. The van der Waals surface area contributed by atoms with Crippen LogP contribution in [-0.4, -0.2) is 34.3 Å². The molecule has 168 valence electrons. The van der Waals surface area contributed by atoms with E-state index in [1.165, 1.54) is 17.0 Å². The van der Waals surface area contributed by atoms with Crippen molar-refractivity contribution in [3.8, 4) is 0 Å². The van der Waals surface area contributed by atoms with E-state index < -0.39 is 5.79 Å². The molecule has 5 heteroatoms. The van der Waals surface area contributed by atoms with Gasteiger partial charge in [-0.25, -0.2) is 0 Å². The van der Waals surface area contributed by atoms with Gasteiger partial charge in [0.05, 0.1) is 18.0 Å². The zero-order valence-electron chi connectivity index (χ0n) is 19.2. The van der Waals surface area contributed by atoms with Gasteiger partial charge in [0.25, 0.3) is 0 Å². The molecule has 2 heterocycles. The Morgan fingerprint density at radius 1 is 1.23 bits per heavy atom. The number of aliphatic hydroxyl groups is 1. The number of aliphatic imine (C=N–C) groups is 1. The van der Waals surface area contributed by atoms with Crippen molar-refractivity contribution in [3.05, 3.63) is 59.7 Å². The SMILES string of the molecule is CCC1=NC=CN2C1=C(C)NC2C1CCCC(C(C)(O)OCC2=CC=CC=CC2)CC1. The summed E-state index contributed by atoms with van der Waals surface area (Å²) < 4.78 is 6.07. The monoisotopic (exact) mass is 423 g/mol. The predicted molar refractivity (Wildman–Crippen MR) is 126 cm³/mol. The topological polar surface area (TPSA) is 57.1 Å². The van der Waals surface area contributed by atoms with Crippen molar-refractivity contribution in [1.82, 2.24) is 10.2 Å². The molecule has 5 nitrogen and oxygen atoms in total. The fraction of sp³-hybridized carbons (Fsp3) is 0.577. The van der Waals surface area contributed by atoms with E-state index in [9.17, 15) is 5.11 Å². The Balaban J connectivity index is 1.36. The first-order chi connectivity index (χ1) is 15.0. The van der Waals surface area contributed by atoms with Crippen LogP contribution in [0.2, 0.25) is 0 Å². The summed E-state index contributed by atoms with van der Waals surface area (Å²) in [6.45, 7) is 6.67. The normalized spacial score (nSPS) is 30.2. The number of hydrogen-bond donors (Lipinski definition) is 2. The number of ether oxygens (including phenoxy) is 1. The van der Waals surface area contributed by atoms with Crippen molar-refractivity contribution >= 4 is 5.71 Å². The molecule has 4 rings (SSSR count). The fourth-order valence-electron chi connectivity index (χ4n) is 5.35. The van der Waals surface area contributed by atoms with Gasteiger partial charge in [-0.1, -0.05) is 43.7 Å². The highest BCUT2D eigenvalue weighted by atomic mass is 16.6. The zero-order chi connectivity index (χ0) is 21.8. The Labute approximate surface area is 187 Å². The second-order valence-electron chi connectivity index (χ2n) is 9.35. The molecule has 4 aliphatic rings. The minimum atomic E-state index is -1.09. The van der Waals surface area contributed by atoms with Gasteiger partial charge in [-0.05, 0) is 63.9 Å². The summed E-state index contributed by atoms with van der Waals surface area (Å²) >= 11 is 0. The highest BCUT2D eigenvalue weighted by Crippen LogP contribution is 2.39. The summed E-state index contributed by atoms with van der Waals surface area (Å²) in [5.74, 6) is -0.395. The Kier molecular flexibility index (Phi) is 6.83. The Morgan fingerprint density at radius 3 is 2.94 bits per heavy atom. The molecular formula is C26H37N3O2. The van der Waals surface area contributed by atoms with E-state index in [2.05, 4.69) is 53.5 Å². The summed E-state index contributed by atoms with van der Waals surface area (Å²) in [5.41, 5.74) is 4.85. The third-order valence-corrected chi connectivity index (χ3v) is 7.18. The summed E-state index contributed by atoms with van der Waals surface area (Å²) in [5, 5.41) is 14.9. The summed E-state index contributed by atoms with van der Waals surface area (Å²) in [6.07, 6.45) is 21.8. The molecule has 2 aliphatic carbocycles. The molecule has 4 unspecified atom stereocenters. The van der Waals surface area contributed by atoms with Crippen LogP contribution in [0, 0.1) is 11.8 Å². The van der Waals surface area contributed by atoms with Crippen LogP contribution in [0.3, 0.4) is 0 Å². The molecule has 0 bridgehead atoms. The number of allylic oxidation sites excluding steroid dienone is 7. The van der Waals surface area contributed by atoms with Crippen LogP contribution < -0.4 is 5.32 Å². The van der Waals surface area contributed by atoms with E-state index in [0.717, 1.165) is 50.7 Å². The molecule has 1 fully saturated rings. The molecular weight excluding hydrogens is 386 g/mol.